The van der Waals surface area contributed by atoms with Crippen LogP contribution in [-0.4, -0.2) is 49.5 Å². The highest BCUT2D eigenvalue weighted by atomic mass is 19.2. The van der Waals surface area contributed by atoms with E-state index in [9.17, 15) is 22.4 Å². The van der Waals surface area contributed by atoms with Gasteiger partial charge in [0.1, 0.15) is 37.1 Å². The van der Waals surface area contributed by atoms with Gasteiger partial charge in [-0.25, -0.2) is 22.4 Å². The maximum Gasteiger partial charge on any atom is 0.415 e. The van der Waals surface area contributed by atoms with E-state index in [0.717, 1.165) is 49.1 Å². The van der Waals surface area contributed by atoms with E-state index in [1.54, 1.807) is 18.2 Å². The Labute approximate surface area is 218 Å². The van der Waals surface area contributed by atoms with E-state index in [1.165, 1.54) is 41.3 Å². The molecule has 0 aliphatic carbocycles. The number of carbonyl (C=O) groups is 1. The number of hydrogen-bond acceptors (Lipinski definition) is 3. The summed E-state index contributed by atoms with van der Waals surface area (Å²) in [5, 5.41) is 0. The summed E-state index contributed by atoms with van der Waals surface area (Å²) < 4.78 is 67.0. The van der Waals surface area contributed by atoms with Crippen molar-refractivity contribution in [3.05, 3.63) is 95.6 Å². The molecular formula is C29H29F4N2O3+. The molecular weight excluding hydrogens is 500 g/mol. The molecule has 3 aromatic rings. The summed E-state index contributed by atoms with van der Waals surface area (Å²) in [5.74, 6) is -2.05. The van der Waals surface area contributed by atoms with Gasteiger partial charge in [-0.05, 0) is 60.2 Å². The number of amides is 1. The van der Waals surface area contributed by atoms with E-state index in [1.807, 2.05) is 0 Å². The van der Waals surface area contributed by atoms with Gasteiger partial charge in [0.05, 0.1) is 25.3 Å². The number of benzene rings is 3. The van der Waals surface area contributed by atoms with Gasteiger partial charge < -0.3 is 14.0 Å². The Kier molecular flexibility index (Phi) is 7.56. The van der Waals surface area contributed by atoms with Crippen LogP contribution < -0.4 is 9.64 Å². The molecule has 0 spiro atoms. The first-order chi connectivity index (χ1) is 18.3. The van der Waals surface area contributed by atoms with Crippen molar-refractivity contribution in [3.63, 3.8) is 0 Å². The minimum absolute atomic E-state index is 0.109. The number of fused-ring (bicyclic) bond motifs is 3. The number of nitrogens with zero attached hydrogens (tertiary/aromatic N) is 2. The molecule has 0 aromatic heterocycles. The third kappa shape index (κ3) is 5.93. The van der Waals surface area contributed by atoms with Crippen molar-refractivity contribution in [1.29, 1.82) is 0 Å². The summed E-state index contributed by atoms with van der Waals surface area (Å²) in [7, 11) is 0. The van der Waals surface area contributed by atoms with Crippen LogP contribution in [0.1, 0.15) is 18.4 Å². The third-order valence-corrected chi connectivity index (χ3v) is 7.61. The molecule has 0 unspecified atom stereocenters. The number of anilines is 1. The second kappa shape index (κ2) is 11.0. The number of carbonyl (C=O) groups excluding carboxylic acids is 1. The first kappa shape index (κ1) is 26.0. The molecule has 9 heteroatoms. The summed E-state index contributed by atoms with van der Waals surface area (Å²) in [5.41, 5.74) is 0.609. The molecule has 200 valence electrons. The molecule has 3 heterocycles. The predicted molar refractivity (Wildman–Crippen MR) is 134 cm³/mol. The van der Waals surface area contributed by atoms with Crippen LogP contribution in [0.25, 0.3) is 0 Å². The highest BCUT2D eigenvalue weighted by molar-refractivity contribution is 5.87. The predicted octanol–water partition coefficient (Wildman–Crippen LogP) is 6.07. The fourth-order valence-corrected chi connectivity index (χ4v) is 5.48. The third-order valence-electron chi connectivity index (χ3n) is 7.61. The van der Waals surface area contributed by atoms with Crippen molar-refractivity contribution >= 4 is 11.8 Å². The van der Waals surface area contributed by atoms with Gasteiger partial charge in [0.25, 0.3) is 0 Å². The van der Waals surface area contributed by atoms with Crippen LogP contribution >= 0.6 is 0 Å². The lowest BCUT2D eigenvalue weighted by atomic mass is 9.83. The van der Waals surface area contributed by atoms with Crippen molar-refractivity contribution in [2.45, 2.75) is 25.5 Å². The summed E-state index contributed by atoms with van der Waals surface area (Å²) >= 11 is 0. The number of rotatable bonds is 8. The number of hydrogen-bond donors (Lipinski definition) is 0. The molecule has 0 N–H and O–H groups in total. The van der Waals surface area contributed by atoms with Crippen molar-refractivity contribution in [2.75, 3.05) is 37.7 Å². The van der Waals surface area contributed by atoms with Crippen molar-refractivity contribution in [1.82, 2.24) is 0 Å². The van der Waals surface area contributed by atoms with Crippen LogP contribution in [0.2, 0.25) is 0 Å². The van der Waals surface area contributed by atoms with Gasteiger partial charge in [0.2, 0.25) is 0 Å². The van der Waals surface area contributed by atoms with Crippen LogP contribution in [0.3, 0.4) is 0 Å². The topological polar surface area (TPSA) is 38.8 Å². The minimum atomic E-state index is -1.03. The van der Waals surface area contributed by atoms with Crippen LogP contribution in [0.4, 0.5) is 28.0 Å². The fourth-order valence-electron chi connectivity index (χ4n) is 5.48. The second-order valence-electron chi connectivity index (χ2n) is 10.1. The van der Waals surface area contributed by atoms with Crippen molar-refractivity contribution in [3.8, 4) is 5.75 Å². The van der Waals surface area contributed by atoms with Crippen LogP contribution in [0.15, 0.2) is 66.7 Å². The standard InChI is InChI=1S/C29H29F4N2O3/c30-22-5-7-25(8-6-22)37-15-14-35-12-10-21(11-13-35)28(19-35)38-29(36)34(24-3-1-2-23(31)17-24)18-20-4-9-26(32)27(33)16-20/h1-9,16-17,21,28H,10-15,18-19H2/q+1/t21?,28-,35?/m0/s1. The zero-order valence-electron chi connectivity index (χ0n) is 20.8. The van der Waals surface area contributed by atoms with E-state index in [0.29, 0.717) is 24.5 Å². The van der Waals surface area contributed by atoms with Gasteiger partial charge in [-0.3, -0.25) is 4.90 Å². The summed E-state index contributed by atoms with van der Waals surface area (Å²) in [6.45, 7) is 3.60. The van der Waals surface area contributed by atoms with Gasteiger partial charge >= 0.3 is 6.09 Å². The zero-order chi connectivity index (χ0) is 26.7. The smallest absolute Gasteiger partial charge is 0.415 e. The second-order valence-corrected chi connectivity index (χ2v) is 10.1. The van der Waals surface area contributed by atoms with Gasteiger partial charge in [-0.15, -0.1) is 0 Å². The Morgan fingerprint density at radius 1 is 0.895 bits per heavy atom. The maximum atomic E-state index is 14.0. The molecule has 3 aliphatic rings. The highest BCUT2D eigenvalue weighted by Crippen LogP contribution is 2.36. The molecule has 38 heavy (non-hydrogen) atoms. The van der Waals surface area contributed by atoms with E-state index in [2.05, 4.69) is 0 Å². The monoisotopic (exact) mass is 529 g/mol. The van der Waals surface area contributed by atoms with Crippen molar-refractivity contribution < 1.29 is 36.3 Å². The Morgan fingerprint density at radius 2 is 1.66 bits per heavy atom. The van der Waals surface area contributed by atoms with Crippen LogP contribution in [0, 0.1) is 29.2 Å². The number of halogens is 4. The summed E-state index contributed by atoms with van der Waals surface area (Å²) in [6, 6.07) is 14.8. The molecule has 3 saturated heterocycles. The number of quaternary nitrogens is 1. The van der Waals surface area contributed by atoms with Gasteiger partial charge in [0.15, 0.2) is 17.7 Å². The molecule has 3 fully saturated rings. The first-order valence-electron chi connectivity index (χ1n) is 12.7. The number of piperidine rings is 3. The Hall–Kier alpha value is -3.59. The Morgan fingerprint density at radius 3 is 2.37 bits per heavy atom. The number of ether oxygens (including phenoxy) is 2. The molecule has 3 aliphatic heterocycles. The average molecular weight is 530 g/mol. The fraction of sp³-hybridized carbons (Fsp3) is 0.345. The average Bonchev–Trinajstić information content (AvgIpc) is 2.91. The summed E-state index contributed by atoms with van der Waals surface area (Å²) in [4.78, 5) is 14.7. The SMILES string of the molecule is O=C(O[C@H]1C[N+]2(CCOc3ccc(F)cc3)CCC1CC2)N(Cc1ccc(F)c(F)c1)c1cccc(F)c1. The van der Waals surface area contributed by atoms with E-state index < -0.39 is 23.5 Å². The largest absolute Gasteiger partial charge is 0.488 e. The molecule has 1 atom stereocenters. The zero-order valence-corrected chi connectivity index (χ0v) is 20.8. The van der Waals surface area contributed by atoms with Gasteiger partial charge in [-0.2, -0.15) is 0 Å². The van der Waals surface area contributed by atoms with Crippen LogP contribution in [-0.2, 0) is 11.3 Å². The molecule has 0 radical (unpaired) electrons. The normalized spacial score (nSPS) is 22.2. The minimum Gasteiger partial charge on any atom is -0.488 e. The van der Waals surface area contributed by atoms with Gasteiger partial charge in [0, 0.05) is 18.8 Å². The molecule has 5 nitrogen and oxygen atoms in total. The Bertz CT molecular complexity index is 1280. The molecule has 6 rings (SSSR count). The lowest BCUT2D eigenvalue weighted by Gasteiger charge is -2.52. The van der Waals surface area contributed by atoms with E-state index >= 15 is 0 Å². The molecule has 2 bridgehead atoms. The molecule has 0 saturated carbocycles. The van der Waals surface area contributed by atoms with E-state index in [4.69, 9.17) is 9.47 Å². The lowest BCUT2D eigenvalue weighted by Crippen LogP contribution is -2.65. The van der Waals surface area contributed by atoms with Crippen molar-refractivity contribution in [2.24, 2.45) is 5.92 Å². The first-order valence-corrected chi connectivity index (χ1v) is 12.7. The highest BCUT2D eigenvalue weighted by Gasteiger charge is 2.48. The summed E-state index contributed by atoms with van der Waals surface area (Å²) in [6.07, 6.45) is 0.798. The Balaban J connectivity index is 1.27. The van der Waals surface area contributed by atoms with Crippen LogP contribution in [0.5, 0.6) is 5.75 Å². The quantitative estimate of drug-likeness (QED) is 0.263. The maximum absolute atomic E-state index is 14.0. The van der Waals surface area contributed by atoms with Gasteiger partial charge in [-0.1, -0.05) is 12.1 Å². The lowest BCUT2D eigenvalue weighted by molar-refractivity contribution is -0.946. The molecule has 1 amide bonds. The molecule has 3 aromatic carbocycles. The van der Waals surface area contributed by atoms with E-state index in [-0.39, 0.29) is 30.1 Å².